The first-order valence-corrected chi connectivity index (χ1v) is 27.5. The second-order valence-corrected chi connectivity index (χ2v) is 22.8. The summed E-state index contributed by atoms with van der Waals surface area (Å²) in [4.78, 5) is 10.3. The predicted molar refractivity (Wildman–Crippen MR) is 332 cm³/mol. The molecule has 79 heavy (non-hydrogen) atoms. The summed E-state index contributed by atoms with van der Waals surface area (Å²) in [6.07, 6.45) is 2.08. The zero-order chi connectivity index (χ0) is 53.8. The molecule has 5 heteroatoms. The number of benzene rings is 10. The van der Waals surface area contributed by atoms with Crippen LogP contribution in [0.4, 0.5) is 22.7 Å². The fourth-order valence-corrected chi connectivity index (χ4v) is 11.6. The second kappa shape index (κ2) is 19.8. The Morgan fingerprint density at radius 1 is 0.392 bits per heavy atom. The van der Waals surface area contributed by atoms with Crippen molar-refractivity contribution in [2.75, 3.05) is 16.5 Å². The molecule has 2 aromatic heterocycles. The molecule has 5 nitrogen and oxygen atoms in total. The van der Waals surface area contributed by atoms with Crippen LogP contribution in [-0.4, -0.2) is 16.2 Å². The van der Waals surface area contributed by atoms with E-state index < -0.39 is 0 Å². The Hall–Kier alpha value is -9.45. The molecule has 1 aliphatic rings. The van der Waals surface area contributed by atoms with Gasteiger partial charge in [-0.3, -0.25) is 4.57 Å². The third kappa shape index (κ3) is 9.21. The van der Waals surface area contributed by atoms with Gasteiger partial charge >= 0.3 is 0 Å². The number of aromatic nitrogens is 2. The van der Waals surface area contributed by atoms with E-state index in [9.17, 15) is 0 Å². The number of hydrogen-bond donors (Lipinski definition) is 0. The van der Waals surface area contributed by atoms with E-state index in [0.29, 0.717) is 6.67 Å². The monoisotopic (exact) mass is 1020 g/mol. The number of hydrogen-bond acceptors (Lipinski definition) is 4. The number of fused-ring (bicyclic) bond motifs is 4. The molecule has 13 rings (SSSR count). The van der Waals surface area contributed by atoms with Crippen molar-refractivity contribution in [3.8, 4) is 73.0 Å². The molecule has 0 aliphatic carbocycles. The molecule has 0 saturated carbocycles. The van der Waals surface area contributed by atoms with Crippen molar-refractivity contribution in [2.45, 2.75) is 52.4 Å². The highest BCUT2D eigenvalue weighted by Crippen LogP contribution is 2.51. The van der Waals surface area contributed by atoms with Gasteiger partial charge in [0.1, 0.15) is 24.0 Å². The van der Waals surface area contributed by atoms with Crippen molar-refractivity contribution < 1.29 is 4.74 Å². The van der Waals surface area contributed by atoms with Crippen LogP contribution in [0.2, 0.25) is 0 Å². The third-order valence-corrected chi connectivity index (χ3v) is 15.6. The molecule has 1 aliphatic heterocycles. The van der Waals surface area contributed by atoms with Crippen LogP contribution in [0.25, 0.3) is 83.3 Å². The zero-order valence-corrected chi connectivity index (χ0v) is 45.7. The van der Waals surface area contributed by atoms with Gasteiger partial charge in [0.25, 0.3) is 0 Å². The fraction of sp³-hybridized carbons (Fsp3) is 0.122. The number of nitrogens with zero attached hydrogens (tertiary/aromatic N) is 4. The Kier molecular flexibility index (Phi) is 12.3. The molecule has 0 N–H and O–H groups in total. The Morgan fingerprint density at radius 3 is 1.53 bits per heavy atom. The average Bonchev–Trinajstić information content (AvgIpc) is 4.27. The maximum absolute atomic E-state index is 7.32. The van der Waals surface area contributed by atoms with E-state index in [-0.39, 0.29) is 10.8 Å². The van der Waals surface area contributed by atoms with Crippen molar-refractivity contribution in [3.05, 3.63) is 266 Å². The minimum Gasteiger partial charge on any atom is -0.457 e. The van der Waals surface area contributed by atoms with Crippen LogP contribution >= 0.6 is 0 Å². The van der Waals surface area contributed by atoms with Gasteiger partial charge in [-0.25, -0.2) is 4.98 Å². The molecule has 0 saturated heterocycles. The lowest BCUT2D eigenvalue weighted by atomic mass is 9.81. The topological polar surface area (TPSA) is 33.5 Å². The number of rotatable bonds is 10. The number of pyridine rings is 1. The number of ether oxygens (including phenoxy) is 1. The zero-order valence-electron chi connectivity index (χ0n) is 45.7. The van der Waals surface area contributed by atoms with Gasteiger partial charge < -0.3 is 14.5 Å². The summed E-state index contributed by atoms with van der Waals surface area (Å²) in [5, 5.41) is 2.26. The Morgan fingerprint density at radius 2 is 0.924 bits per heavy atom. The summed E-state index contributed by atoms with van der Waals surface area (Å²) in [5.41, 5.74) is 20.4. The molecule has 0 amide bonds. The van der Waals surface area contributed by atoms with E-state index in [1.165, 1.54) is 44.6 Å². The molecule has 10 aromatic carbocycles. The summed E-state index contributed by atoms with van der Waals surface area (Å²) >= 11 is 0. The van der Waals surface area contributed by atoms with Crippen molar-refractivity contribution in [1.82, 2.24) is 9.55 Å². The van der Waals surface area contributed by atoms with Crippen molar-refractivity contribution in [3.63, 3.8) is 0 Å². The minimum atomic E-state index is -0.183. The highest BCUT2D eigenvalue weighted by atomic mass is 16.5. The Balaban J connectivity index is 0.954. The molecule has 384 valence electrons. The molecule has 0 radical (unpaired) electrons. The van der Waals surface area contributed by atoms with E-state index in [0.717, 1.165) is 84.0 Å². The Labute approximate surface area is 464 Å². The summed E-state index contributed by atoms with van der Waals surface area (Å²) < 4.78 is 9.66. The lowest BCUT2D eigenvalue weighted by Gasteiger charge is -2.27. The smallest absolute Gasteiger partial charge is 0.137 e. The van der Waals surface area contributed by atoms with E-state index in [2.05, 4.69) is 311 Å². The maximum atomic E-state index is 7.32. The van der Waals surface area contributed by atoms with Gasteiger partial charge in [-0.1, -0.05) is 230 Å². The predicted octanol–water partition coefficient (Wildman–Crippen LogP) is 20.1. The van der Waals surface area contributed by atoms with E-state index in [1.54, 1.807) is 0 Å². The molecule has 12 aromatic rings. The molecule has 3 heterocycles. The van der Waals surface area contributed by atoms with Gasteiger partial charge in [-0.2, -0.15) is 0 Å². The lowest BCUT2D eigenvalue weighted by molar-refractivity contribution is 0.485. The van der Waals surface area contributed by atoms with Gasteiger partial charge in [0.2, 0.25) is 0 Å². The van der Waals surface area contributed by atoms with Crippen molar-refractivity contribution in [2.24, 2.45) is 0 Å². The average molecular weight is 1020 g/mol. The number of para-hydroxylation sites is 3. The standard InChI is InChI=1S/C74H62N4O/c1-73(2,3)56-40-37-54(38-41-56)64-48-75-71(46-65(64)74(4,5)6)78-66-42-39-55(50-23-11-7-12-24-50)43-62(66)63-45-61(53-29-17-10-18-30-53)70(47-69(63)78)79-58-32-21-31-57(44-58)76-49-77(68-36-20-19-35-67(68)76)72-59(51-25-13-8-14-26-51)33-22-34-60(72)52-27-15-9-16-28-52/h7-48H,49H2,1-6H3. The Bertz CT molecular complexity index is 4130. The first kappa shape index (κ1) is 49.1. The van der Waals surface area contributed by atoms with Crippen molar-refractivity contribution >= 4 is 44.6 Å². The summed E-state index contributed by atoms with van der Waals surface area (Å²) in [7, 11) is 0. The summed E-state index contributed by atoms with van der Waals surface area (Å²) in [6.45, 7) is 14.3. The van der Waals surface area contributed by atoms with E-state index >= 15 is 0 Å². The van der Waals surface area contributed by atoms with Crippen LogP contribution < -0.4 is 14.5 Å². The van der Waals surface area contributed by atoms with Crippen LogP contribution in [0, 0.1) is 0 Å². The van der Waals surface area contributed by atoms with Crippen LogP contribution in [0.1, 0.15) is 52.7 Å². The fourth-order valence-electron chi connectivity index (χ4n) is 11.6. The third-order valence-electron chi connectivity index (χ3n) is 15.6. The van der Waals surface area contributed by atoms with Gasteiger partial charge in [-0.05, 0) is 104 Å². The molecule has 0 unspecified atom stereocenters. The molecular weight excluding hydrogens is 961 g/mol. The summed E-state index contributed by atoms with van der Waals surface area (Å²) in [5.74, 6) is 2.35. The van der Waals surface area contributed by atoms with Crippen LogP contribution in [0.15, 0.2) is 255 Å². The van der Waals surface area contributed by atoms with Crippen LogP contribution in [-0.2, 0) is 10.8 Å². The second-order valence-electron chi connectivity index (χ2n) is 22.8. The van der Waals surface area contributed by atoms with Crippen LogP contribution in [0.5, 0.6) is 11.5 Å². The molecular formula is C74H62N4O. The van der Waals surface area contributed by atoms with Gasteiger partial charge in [-0.15, -0.1) is 0 Å². The molecule has 0 fully saturated rings. The summed E-state index contributed by atoms with van der Waals surface area (Å²) in [6, 6.07) is 89.6. The normalized spacial score (nSPS) is 12.6. The highest BCUT2D eigenvalue weighted by molar-refractivity contribution is 6.12. The van der Waals surface area contributed by atoms with Gasteiger partial charge in [0.15, 0.2) is 0 Å². The van der Waals surface area contributed by atoms with E-state index in [1.807, 2.05) is 0 Å². The highest BCUT2D eigenvalue weighted by Gasteiger charge is 2.32. The van der Waals surface area contributed by atoms with Gasteiger partial charge in [0.05, 0.1) is 28.1 Å². The quantitative estimate of drug-likeness (QED) is 0.137. The maximum Gasteiger partial charge on any atom is 0.137 e. The van der Waals surface area contributed by atoms with Gasteiger partial charge in [0, 0.05) is 57.0 Å². The minimum absolute atomic E-state index is 0.0578. The SMILES string of the molecule is CC(C)(C)c1ccc(-c2cnc(-n3c4ccc(-c5ccccc5)cc4c4cc(-c5ccccc5)c(Oc5cccc(N6CN(c7c(-c8ccccc8)cccc7-c7ccccc7)c7ccccc76)c5)cc43)cc2C(C)(C)C)cc1. The van der Waals surface area contributed by atoms with E-state index in [4.69, 9.17) is 9.72 Å². The first-order chi connectivity index (χ1) is 38.4. The van der Waals surface area contributed by atoms with Crippen LogP contribution in [0.3, 0.4) is 0 Å². The molecule has 0 bridgehead atoms. The lowest BCUT2D eigenvalue weighted by Crippen LogP contribution is -2.24. The van der Waals surface area contributed by atoms with Crippen molar-refractivity contribution in [1.29, 1.82) is 0 Å². The molecule has 0 atom stereocenters. The molecule has 0 spiro atoms. The largest absolute Gasteiger partial charge is 0.457 e. The number of anilines is 4. The first-order valence-electron chi connectivity index (χ1n) is 27.5.